The highest BCUT2D eigenvalue weighted by atomic mass is 16.6. The highest BCUT2D eigenvalue weighted by molar-refractivity contribution is 5.68. The van der Waals surface area contributed by atoms with Crippen molar-refractivity contribution in [2.45, 2.75) is 85.3 Å². The molecule has 0 saturated heterocycles. The quantitative estimate of drug-likeness (QED) is 0.748. The van der Waals surface area contributed by atoms with E-state index in [-0.39, 0.29) is 6.09 Å². The summed E-state index contributed by atoms with van der Waals surface area (Å²) in [6.45, 7) is 14.9. The Balaban J connectivity index is 2.25. The van der Waals surface area contributed by atoms with Gasteiger partial charge < -0.3 is 15.0 Å². The SMILES string of the molecule is CCN(CCCNC1CCCC(C)(C)C1)C(=O)OC(C)(C)C. The van der Waals surface area contributed by atoms with Crippen LogP contribution in [-0.4, -0.2) is 42.3 Å². The Hall–Kier alpha value is -0.770. The number of hydrogen-bond acceptors (Lipinski definition) is 3. The first kappa shape index (κ1) is 19.3. The molecule has 1 fully saturated rings. The van der Waals surface area contributed by atoms with E-state index in [0.717, 1.165) is 19.5 Å². The molecule has 22 heavy (non-hydrogen) atoms. The number of nitrogens with zero attached hydrogens (tertiary/aromatic N) is 1. The third-order valence-electron chi connectivity index (χ3n) is 4.28. The predicted molar refractivity (Wildman–Crippen MR) is 92.1 cm³/mol. The largest absolute Gasteiger partial charge is 0.444 e. The van der Waals surface area contributed by atoms with Crippen molar-refractivity contribution in [3.63, 3.8) is 0 Å². The number of ether oxygens (including phenoxy) is 1. The van der Waals surface area contributed by atoms with Gasteiger partial charge in [0.05, 0.1) is 0 Å². The summed E-state index contributed by atoms with van der Waals surface area (Å²) in [5.41, 5.74) is 0.0539. The van der Waals surface area contributed by atoms with Gasteiger partial charge in [-0.15, -0.1) is 0 Å². The summed E-state index contributed by atoms with van der Waals surface area (Å²) in [5, 5.41) is 3.67. The zero-order chi connectivity index (χ0) is 16.8. The molecular weight excluding hydrogens is 276 g/mol. The smallest absolute Gasteiger partial charge is 0.410 e. The summed E-state index contributed by atoms with van der Waals surface area (Å²) in [6.07, 6.45) is 5.98. The molecule has 1 unspecified atom stereocenters. The first-order valence-corrected chi connectivity index (χ1v) is 8.84. The topological polar surface area (TPSA) is 41.6 Å². The second-order valence-electron chi connectivity index (χ2n) is 8.33. The van der Waals surface area contributed by atoms with E-state index in [4.69, 9.17) is 4.74 Å². The molecule has 1 aliphatic carbocycles. The summed E-state index contributed by atoms with van der Waals surface area (Å²) in [4.78, 5) is 13.8. The molecule has 1 N–H and O–H groups in total. The van der Waals surface area contributed by atoms with Crippen LogP contribution in [0.25, 0.3) is 0 Å². The maximum atomic E-state index is 12.1. The number of rotatable bonds is 6. The summed E-state index contributed by atoms with van der Waals surface area (Å²) in [5.74, 6) is 0. The molecule has 0 aromatic rings. The van der Waals surface area contributed by atoms with Crippen molar-refractivity contribution in [3.05, 3.63) is 0 Å². The fourth-order valence-electron chi connectivity index (χ4n) is 3.15. The normalized spacial score (nSPS) is 21.5. The van der Waals surface area contributed by atoms with Gasteiger partial charge in [-0.2, -0.15) is 0 Å². The molecule has 0 aromatic carbocycles. The van der Waals surface area contributed by atoms with Gasteiger partial charge in [0.2, 0.25) is 0 Å². The molecular formula is C18H36N2O2. The Labute approximate surface area is 137 Å². The molecule has 1 rings (SSSR count). The van der Waals surface area contributed by atoms with Crippen LogP contribution < -0.4 is 5.32 Å². The molecule has 0 spiro atoms. The van der Waals surface area contributed by atoms with Crippen molar-refractivity contribution < 1.29 is 9.53 Å². The summed E-state index contributed by atoms with van der Waals surface area (Å²) in [7, 11) is 0. The first-order valence-electron chi connectivity index (χ1n) is 8.84. The Morgan fingerprint density at radius 1 is 1.36 bits per heavy atom. The van der Waals surface area contributed by atoms with Crippen molar-refractivity contribution in [1.82, 2.24) is 10.2 Å². The van der Waals surface area contributed by atoms with E-state index in [1.807, 2.05) is 27.7 Å². The minimum absolute atomic E-state index is 0.200. The molecule has 4 heteroatoms. The molecule has 0 radical (unpaired) electrons. The van der Waals surface area contributed by atoms with E-state index in [1.54, 1.807) is 4.90 Å². The molecule has 4 nitrogen and oxygen atoms in total. The van der Waals surface area contributed by atoms with Crippen LogP contribution >= 0.6 is 0 Å². The lowest BCUT2D eigenvalue weighted by atomic mass is 9.75. The maximum absolute atomic E-state index is 12.1. The van der Waals surface area contributed by atoms with Crippen LogP contribution in [-0.2, 0) is 4.74 Å². The van der Waals surface area contributed by atoms with Gasteiger partial charge in [-0.3, -0.25) is 0 Å². The van der Waals surface area contributed by atoms with Crippen molar-refractivity contribution >= 4 is 6.09 Å². The molecule has 1 saturated carbocycles. The lowest BCUT2D eigenvalue weighted by Crippen LogP contribution is -2.40. The van der Waals surface area contributed by atoms with Gasteiger partial charge in [0.15, 0.2) is 0 Å². The van der Waals surface area contributed by atoms with Gasteiger partial charge in [0.25, 0.3) is 0 Å². The van der Waals surface area contributed by atoms with Crippen LogP contribution in [0.2, 0.25) is 0 Å². The molecule has 1 atom stereocenters. The van der Waals surface area contributed by atoms with Crippen LogP contribution in [0.4, 0.5) is 4.79 Å². The fraction of sp³-hybridized carbons (Fsp3) is 0.944. The molecule has 0 heterocycles. The van der Waals surface area contributed by atoms with Crippen molar-refractivity contribution in [2.75, 3.05) is 19.6 Å². The summed E-state index contributed by atoms with van der Waals surface area (Å²) in [6, 6.07) is 0.639. The zero-order valence-corrected chi connectivity index (χ0v) is 15.5. The molecule has 1 amide bonds. The fourth-order valence-corrected chi connectivity index (χ4v) is 3.15. The standard InChI is InChI=1S/C18H36N2O2/c1-7-20(16(21)22-17(2,3)4)13-9-12-19-15-10-8-11-18(5,6)14-15/h15,19H,7-14H2,1-6H3. The highest BCUT2D eigenvalue weighted by Crippen LogP contribution is 2.34. The predicted octanol–water partition coefficient (Wildman–Crippen LogP) is 4.19. The lowest BCUT2D eigenvalue weighted by molar-refractivity contribution is 0.0258. The maximum Gasteiger partial charge on any atom is 0.410 e. The lowest BCUT2D eigenvalue weighted by Gasteiger charge is -2.35. The van der Waals surface area contributed by atoms with Crippen LogP contribution in [0.5, 0.6) is 0 Å². The monoisotopic (exact) mass is 312 g/mol. The van der Waals surface area contributed by atoms with Gasteiger partial charge in [-0.05, 0) is 65.3 Å². The third-order valence-corrected chi connectivity index (χ3v) is 4.28. The number of carbonyl (C=O) groups is 1. The minimum atomic E-state index is -0.420. The van der Waals surface area contributed by atoms with Crippen LogP contribution in [0.3, 0.4) is 0 Å². The number of carbonyl (C=O) groups excluding carboxylic acids is 1. The molecule has 0 aliphatic heterocycles. The van der Waals surface area contributed by atoms with E-state index in [0.29, 0.717) is 18.0 Å². The van der Waals surface area contributed by atoms with Crippen LogP contribution in [0.1, 0.15) is 73.6 Å². The van der Waals surface area contributed by atoms with Gasteiger partial charge >= 0.3 is 6.09 Å². The average Bonchev–Trinajstić information content (AvgIpc) is 2.35. The van der Waals surface area contributed by atoms with E-state index in [1.165, 1.54) is 25.7 Å². The molecule has 1 aliphatic rings. The van der Waals surface area contributed by atoms with Crippen LogP contribution in [0, 0.1) is 5.41 Å². The van der Waals surface area contributed by atoms with Gasteiger partial charge in [-0.25, -0.2) is 4.79 Å². The number of hydrogen-bond donors (Lipinski definition) is 1. The van der Waals surface area contributed by atoms with Crippen molar-refractivity contribution in [2.24, 2.45) is 5.41 Å². The molecule has 0 aromatic heterocycles. The van der Waals surface area contributed by atoms with E-state index >= 15 is 0 Å². The Bertz CT molecular complexity index is 347. The second-order valence-corrected chi connectivity index (χ2v) is 8.33. The van der Waals surface area contributed by atoms with Crippen LogP contribution in [0.15, 0.2) is 0 Å². The number of nitrogens with one attached hydrogen (secondary N) is 1. The number of amides is 1. The summed E-state index contributed by atoms with van der Waals surface area (Å²) < 4.78 is 5.43. The Morgan fingerprint density at radius 3 is 2.59 bits per heavy atom. The van der Waals surface area contributed by atoms with Gasteiger partial charge in [-0.1, -0.05) is 20.3 Å². The van der Waals surface area contributed by atoms with E-state index in [9.17, 15) is 4.79 Å². The average molecular weight is 312 g/mol. The molecule has 130 valence electrons. The van der Waals surface area contributed by atoms with Gasteiger partial charge in [0.1, 0.15) is 5.60 Å². The van der Waals surface area contributed by atoms with Gasteiger partial charge in [0, 0.05) is 19.1 Å². The van der Waals surface area contributed by atoms with Crippen molar-refractivity contribution in [1.29, 1.82) is 0 Å². The summed E-state index contributed by atoms with van der Waals surface area (Å²) >= 11 is 0. The first-order chi connectivity index (χ1) is 10.1. The highest BCUT2D eigenvalue weighted by Gasteiger charge is 2.27. The Kier molecular flexibility index (Phi) is 7.17. The second kappa shape index (κ2) is 8.19. The molecule has 0 bridgehead atoms. The zero-order valence-electron chi connectivity index (χ0n) is 15.5. The Morgan fingerprint density at radius 2 is 2.05 bits per heavy atom. The van der Waals surface area contributed by atoms with E-state index < -0.39 is 5.60 Å². The minimum Gasteiger partial charge on any atom is -0.444 e. The van der Waals surface area contributed by atoms with Crippen molar-refractivity contribution in [3.8, 4) is 0 Å². The van der Waals surface area contributed by atoms with E-state index in [2.05, 4.69) is 19.2 Å². The third kappa shape index (κ3) is 7.48.